The average Bonchev–Trinajstić information content (AvgIpc) is 3.33. The largest absolute Gasteiger partial charge is 0.454 e. The lowest BCUT2D eigenvalue weighted by Crippen LogP contribution is -2.33. The molecule has 1 aromatic carbocycles. The molecule has 2 atom stereocenters. The third-order valence-electron chi connectivity index (χ3n) is 4.75. The minimum atomic E-state index is -0.342. The second-order valence-electron chi connectivity index (χ2n) is 7.24. The first-order chi connectivity index (χ1) is 13.1. The number of aromatic amines is 1. The highest BCUT2D eigenvalue weighted by molar-refractivity contribution is 5.67. The summed E-state index contributed by atoms with van der Waals surface area (Å²) in [4.78, 5) is 11.8. The molecule has 2 unspecified atom stereocenters. The minimum Gasteiger partial charge on any atom is -0.454 e. The van der Waals surface area contributed by atoms with Crippen LogP contribution in [0.3, 0.4) is 0 Å². The first-order valence-corrected chi connectivity index (χ1v) is 9.26. The van der Waals surface area contributed by atoms with Crippen molar-refractivity contribution in [2.45, 2.75) is 51.2 Å². The van der Waals surface area contributed by atoms with Gasteiger partial charge < -0.3 is 24.8 Å². The van der Waals surface area contributed by atoms with Gasteiger partial charge in [0.2, 0.25) is 6.79 Å². The molecule has 0 radical (unpaired) electrons. The van der Waals surface area contributed by atoms with Crippen LogP contribution in [0.15, 0.2) is 24.3 Å². The molecule has 1 amide bonds. The van der Waals surface area contributed by atoms with E-state index in [0.29, 0.717) is 5.92 Å². The summed E-state index contributed by atoms with van der Waals surface area (Å²) < 4.78 is 16.2. The number of benzene rings is 1. The van der Waals surface area contributed by atoms with Crippen molar-refractivity contribution in [3.63, 3.8) is 0 Å². The normalized spacial score (nSPS) is 20.7. The Bertz CT molecular complexity index is 820. The number of carbonyl (C=O) groups excluding carboxylic acids is 1. The summed E-state index contributed by atoms with van der Waals surface area (Å²) in [5, 5.41) is 13.5. The second kappa shape index (κ2) is 7.38. The highest BCUT2D eigenvalue weighted by Crippen LogP contribution is 2.37. The smallest absolute Gasteiger partial charge is 0.407 e. The summed E-state index contributed by atoms with van der Waals surface area (Å²) >= 11 is 0. The van der Waals surface area contributed by atoms with E-state index in [9.17, 15) is 4.79 Å². The van der Waals surface area contributed by atoms with E-state index in [1.54, 1.807) is 0 Å². The van der Waals surface area contributed by atoms with Gasteiger partial charge in [0.05, 0.1) is 0 Å². The van der Waals surface area contributed by atoms with Crippen LogP contribution in [0.25, 0.3) is 0 Å². The lowest BCUT2D eigenvalue weighted by atomic mass is 10.0. The number of amides is 1. The van der Waals surface area contributed by atoms with Crippen LogP contribution in [0.2, 0.25) is 0 Å². The topological polar surface area (TPSA) is 97.5 Å². The zero-order valence-electron chi connectivity index (χ0n) is 15.5. The number of alkyl carbamates (subject to hydrolysis) is 1. The number of hydrogen-bond acceptors (Lipinski definition) is 6. The number of ether oxygens (including phenoxy) is 3. The maximum Gasteiger partial charge on any atom is 0.407 e. The number of nitrogens with zero attached hydrogens (tertiary/aromatic N) is 1. The van der Waals surface area contributed by atoms with Gasteiger partial charge in [-0.2, -0.15) is 5.10 Å². The fourth-order valence-corrected chi connectivity index (χ4v) is 3.48. The monoisotopic (exact) mass is 372 g/mol. The van der Waals surface area contributed by atoms with Crippen LogP contribution in [0.1, 0.15) is 44.7 Å². The number of carbonyl (C=O) groups is 1. The maximum atomic E-state index is 11.8. The Morgan fingerprint density at radius 1 is 1.26 bits per heavy atom. The number of anilines is 2. The van der Waals surface area contributed by atoms with Crippen LogP contribution < -0.4 is 20.1 Å². The predicted molar refractivity (Wildman–Crippen MR) is 99.6 cm³/mol. The van der Waals surface area contributed by atoms with E-state index in [0.717, 1.165) is 48.0 Å². The summed E-state index contributed by atoms with van der Waals surface area (Å²) in [6.45, 7) is 4.08. The van der Waals surface area contributed by atoms with Crippen LogP contribution >= 0.6 is 0 Å². The van der Waals surface area contributed by atoms with Crippen molar-refractivity contribution in [2.75, 3.05) is 12.1 Å². The van der Waals surface area contributed by atoms with Gasteiger partial charge in [-0.3, -0.25) is 5.10 Å². The first-order valence-electron chi connectivity index (χ1n) is 9.26. The Morgan fingerprint density at radius 2 is 2.11 bits per heavy atom. The standard InChI is InChI=1S/C19H24N4O4/c1-11(2)20-19(24)27-14-5-3-12(7-14)15-9-18(23-22-15)21-13-4-6-16-17(8-13)26-10-25-16/h4,6,8-9,11-12,14H,3,5,7,10H2,1-2H3,(H,20,24)(H2,21,22,23). The van der Waals surface area contributed by atoms with Crippen LogP contribution in [-0.2, 0) is 4.74 Å². The summed E-state index contributed by atoms with van der Waals surface area (Å²) in [6, 6.07) is 7.77. The van der Waals surface area contributed by atoms with Crippen molar-refractivity contribution in [1.29, 1.82) is 0 Å². The number of H-pyrrole nitrogens is 1. The molecule has 1 aliphatic carbocycles. The van der Waals surface area contributed by atoms with Crippen molar-refractivity contribution >= 4 is 17.6 Å². The third kappa shape index (κ3) is 4.10. The fourth-order valence-electron chi connectivity index (χ4n) is 3.48. The lowest BCUT2D eigenvalue weighted by molar-refractivity contribution is 0.0981. The van der Waals surface area contributed by atoms with E-state index in [4.69, 9.17) is 14.2 Å². The van der Waals surface area contributed by atoms with Crippen molar-refractivity contribution in [1.82, 2.24) is 15.5 Å². The minimum absolute atomic E-state index is 0.0534. The SMILES string of the molecule is CC(C)NC(=O)OC1CCC(c2cc(Nc3ccc4c(c3)OCO4)n[nH]2)C1. The molecule has 1 aromatic heterocycles. The number of rotatable bonds is 5. The lowest BCUT2D eigenvalue weighted by Gasteiger charge is -2.14. The molecule has 1 aliphatic heterocycles. The summed E-state index contributed by atoms with van der Waals surface area (Å²) in [7, 11) is 0. The number of aromatic nitrogens is 2. The highest BCUT2D eigenvalue weighted by Gasteiger charge is 2.30. The summed E-state index contributed by atoms with van der Waals surface area (Å²) in [5.74, 6) is 2.53. The molecule has 0 bridgehead atoms. The van der Waals surface area contributed by atoms with E-state index < -0.39 is 0 Å². The fraction of sp³-hybridized carbons (Fsp3) is 0.474. The predicted octanol–water partition coefficient (Wildman–Crippen LogP) is 3.65. The quantitative estimate of drug-likeness (QED) is 0.741. The Hall–Kier alpha value is -2.90. The van der Waals surface area contributed by atoms with E-state index in [1.807, 2.05) is 38.1 Å². The van der Waals surface area contributed by atoms with E-state index in [2.05, 4.69) is 20.8 Å². The van der Waals surface area contributed by atoms with Crippen LogP contribution in [0.4, 0.5) is 16.3 Å². The van der Waals surface area contributed by atoms with Crippen molar-refractivity contribution in [2.24, 2.45) is 0 Å². The van der Waals surface area contributed by atoms with Gasteiger partial charge in [0.1, 0.15) is 6.10 Å². The molecule has 27 heavy (non-hydrogen) atoms. The molecule has 1 saturated carbocycles. The average molecular weight is 372 g/mol. The summed E-state index contributed by atoms with van der Waals surface area (Å²) in [5.41, 5.74) is 1.93. The summed E-state index contributed by atoms with van der Waals surface area (Å²) in [6.07, 6.45) is 2.23. The van der Waals surface area contributed by atoms with Gasteiger partial charge in [0.25, 0.3) is 0 Å². The number of hydrogen-bond donors (Lipinski definition) is 3. The molecule has 3 N–H and O–H groups in total. The molecule has 0 spiro atoms. The molecule has 144 valence electrons. The van der Waals surface area contributed by atoms with Crippen molar-refractivity contribution in [3.05, 3.63) is 30.0 Å². The van der Waals surface area contributed by atoms with E-state index >= 15 is 0 Å². The van der Waals surface area contributed by atoms with Crippen molar-refractivity contribution in [3.8, 4) is 11.5 Å². The van der Waals surface area contributed by atoms with Gasteiger partial charge in [-0.25, -0.2) is 4.79 Å². The van der Waals surface area contributed by atoms with E-state index in [1.165, 1.54) is 0 Å². The van der Waals surface area contributed by atoms with Gasteiger partial charge in [-0.1, -0.05) is 0 Å². The zero-order valence-corrected chi connectivity index (χ0v) is 15.5. The van der Waals surface area contributed by atoms with Gasteiger partial charge in [-0.15, -0.1) is 0 Å². The molecular weight excluding hydrogens is 348 g/mol. The van der Waals surface area contributed by atoms with Crippen LogP contribution in [0, 0.1) is 0 Å². The molecule has 0 saturated heterocycles. The molecular formula is C19H24N4O4. The Labute approximate surface area is 157 Å². The van der Waals surface area contributed by atoms with Crippen LogP contribution in [0.5, 0.6) is 11.5 Å². The zero-order chi connectivity index (χ0) is 18.8. The van der Waals surface area contributed by atoms with Crippen molar-refractivity contribution < 1.29 is 19.0 Å². The molecule has 8 heteroatoms. The Morgan fingerprint density at radius 3 is 2.96 bits per heavy atom. The van der Waals surface area contributed by atoms with Crippen LogP contribution in [-0.4, -0.2) is 35.2 Å². The van der Waals surface area contributed by atoms with E-state index in [-0.39, 0.29) is 25.0 Å². The third-order valence-corrected chi connectivity index (χ3v) is 4.75. The second-order valence-corrected chi connectivity index (χ2v) is 7.24. The molecule has 1 fully saturated rings. The number of nitrogens with one attached hydrogen (secondary N) is 3. The Balaban J connectivity index is 1.34. The highest BCUT2D eigenvalue weighted by atomic mass is 16.7. The van der Waals surface area contributed by atoms with Gasteiger partial charge in [0, 0.05) is 35.5 Å². The van der Waals surface area contributed by atoms with Gasteiger partial charge in [0.15, 0.2) is 17.3 Å². The van der Waals surface area contributed by atoms with Gasteiger partial charge >= 0.3 is 6.09 Å². The molecule has 4 rings (SSSR count). The molecule has 2 heterocycles. The maximum absolute atomic E-state index is 11.8. The number of fused-ring (bicyclic) bond motifs is 1. The van der Waals surface area contributed by atoms with Gasteiger partial charge in [-0.05, 0) is 45.2 Å². The first kappa shape index (κ1) is 17.5. The molecule has 2 aromatic rings. The Kier molecular flexibility index (Phi) is 4.79. The molecule has 8 nitrogen and oxygen atoms in total. The molecule has 2 aliphatic rings.